The van der Waals surface area contributed by atoms with E-state index in [-0.39, 0.29) is 17.9 Å². The Labute approximate surface area is 190 Å². The van der Waals surface area contributed by atoms with Crippen molar-refractivity contribution in [1.29, 1.82) is 0 Å². The average Bonchev–Trinajstić information content (AvgIpc) is 3.45. The summed E-state index contributed by atoms with van der Waals surface area (Å²) in [7, 11) is 4.50. The number of amides is 1. The van der Waals surface area contributed by atoms with Crippen molar-refractivity contribution in [1.82, 2.24) is 4.90 Å². The third kappa shape index (κ3) is 4.03. The molecule has 1 saturated heterocycles. The molecule has 1 aliphatic rings. The van der Waals surface area contributed by atoms with Crippen molar-refractivity contribution < 1.29 is 33.3 Å². The molecule has 170 valence electrons. The van der Waals surface area contributed by atoms with Crippen LogP contribution in [0.2, 0.25) is 0 Å². The van der Waals surface area contributed by atoms with Crippen molar-refractivity contribution in [2.24, 2.45) is 0 Å². The summed E-state index contributed by atoms with van der Waals surface area (Å²) in [6, 6.07) is 14.4. The Morgan fingerprint density at radius 3 is 2.42 bits per heavy atom. The molecule has 1 fully saturated rings. The third-order valence-electron chi connectivity index (χ3n) is 5.51. The number of likely N-dealkylation sites (tertiary alicyclic amines) is 1. The van der Waals surface area contributed by atoms with Gasteiger partial charge in [0.25, 0.3) is 11.7 Å². The second-order valence-electron chi connectivity index (χ2n) is 7.35. The van der Waals surface area contributed by atoms with Gasteiger partial charge < -0.3 is 28.6 Å². The van der Waals surface area contributed by atoms with Gasteiger partial charge in [-0.3, -0.25) is 9.59 Å². The predicted molar refractivity (Wildman–Crippen MR) is 119 cm³/mol. The lowest BCUT2D eigenvalue weighted by Crippen LogP contribution is -2.29. The van der Waals surface area contributed by atoms with Crippen LogP contribution in [0.15, 0.2) is 70.9 Å². The SMILES string of the molecule is COc1cccc(C2C(=C(O)c3ccc(OC)c(OC)c3)C(=O)C(=O)N2Cc2ccco2)c1. The number of ether oxygens (including phenoxy) is 3. The zero-order valence-electron chi connectivity index (χ0n) is 18.4. The van der Waals surface area contributed by atoms with Gasteiger partial charge in [-0.15, -0.1) is 0 Å². The standard InChI is InChI=1S/C25H23NO7/c1-30-17-7-4-6-15(12-17)22-21(23(27)16-9-10-19(31-2)20(13-16)32-3)24(28)25(29)26(22)14-18-8-5-11-33-18/h4-13,22,27H,14H2,1-3H3. The molecule has 3 aromatic rings. The minimum atomic E-state index is -0.849. The number of nitrogens with zero attached hydrogens (tertiary/aromatic N) is 1. The monoisotopic (exact) mass is 449 g/mol. The molecule has 2 heterocycles. The van der Waals surface area contributed by atoms with Gasteiger partial charge in [0.05, 0.1) is 45.8 Å². The Kier molecular flexibility index (Phi) is 6.08. The van der Waals surface area contributed by atoms with E-state index in [1.54, 1.807) is 54.6 Å². The second kappa shape index (κ2) is 9.12. The molecule has 33 heavy (non-hydrogen) atoms. The predicted octanol–water partition coefficient (Wildman–Crippen LogP) is 3.93. The number of hydrogen-bond acceptors (Lipinski definition) is 7. The lowest BCUT2D eigenvalue weighted by atomic mass is 9.95. The highest BCUT2D eigenvalue weighted by atomic mass is 16.5. The number of furan rings is 1. The Bertz CT molecular complexity index is 1210. The number of Topliss-reactive ketones (excluding diaryl/α,β-unsaturated/α-hetero) is 1. The summed E-state index contributed by atoms with van der Waals surface area (Å²) in [5.41, 5.74) is 0.894. The molecule has 8 nitrogen and oxygen atoms in total. The van der Waals surface area contributed by atoms with E-state index in [1.807, 2.05) is 0 Å². The number of ketones is 1. The number of carbonyl (C=O) groups is 2. The zero-order valence-corrected chi connectivity index (χ0v) is 18.4. The number of benzene rings is 2. The van der Waals surface area contributed by atoms with Gasteiger partial charge in [-0.1, -0.05) is 12.1 Å². The first kappa shape index (κ1) is 22.0. The summed E-state index contributed by atoms with van der Waals surface area (Å²) in [6.07, 6.45) is 1.50. The van der Waals surface area contributed by atoms with E-state index in [4.69, 9.17) is 18.6 Å². The molecule has 0 saturated carbocycles. The molecule has 1 atom stereocenters. The molecule has 8 heteroatoms. The van der Waals surface area contributed by atoms with Gasteiger partial charge in [-0.2, -0.15) is 0 Å². The van der Waals surface area contributed by atoms with Crippen molar-refractivity contribution in [2.45, 2.75) is 12.6 Å². The Hall–Kier alpha value is -4.20. The number of carbonyl (C=O) groups excluding carboxylic acids is 2. The maximum atomic E-state index is 13.1. The van der Waals surface area contributed by atoms with Crippen LogP contribution in [-0.4, -0.2) is 43.0 Å². The minimum absolute atomic E-state index is 0.0352. The van der Waals surface area contributed by atoms with Crippen LogP contribution in [0.1, 0.15) is 22.9 Å². The fourth-order valence-corrected chi connectivity index (χ4v) is 3.91. The molecule has 1 amide bonds. The first-order valence-electron chi connectivity index (χ1n) is 10.2. The molecule has 0 spiro atoms. The lowest BCUT2D eigenvalue weighted by molar-refractivity contribution is -0.140. The largest absolute Gasteiger partial charge is 0.507 e. The highest BCUT2D eigenvalue weighted by Gasteiger charge is 2.46. The molecule has 0 bridgehead atoms. The van der Waals surface area contributed by atoms with Crippen LogP contribution in [0.25, 0.3) is 5.76 Å². The lowest BCUT2D eigenvalue weighted by Gasteiger charge is -2.25. The van der Waals surface area contributed by atoms with E-state index in [0.29, 0.717) is 34.1 Å². The van der Waals surface area contributed by atoms with E-state index >= 15 is 0 Å². The van der Waals surface area contributed by atoms with E-state index in [2.05, 4.69) is 0 Å². The molecule has 0 radical (unpaired) electrons. The maximum absolute atomic E-state index is 13.1. The first-order chi connectivity index (χ1) is 16.0. The molecule has 2 aromatic carbocycles. The van der Waals surface area contributed by atoms with Gasteiger partial charge in [0.2, 0.25) is 0 Å². The zero-order chi connectivity index (χ0) is 23.5. The highest BCUT2D eigenvalue weighted by Crippen LogP contribution is 2.42. The summed E-state index contributed by atoms with van der Waals surface area (Å²) in [4.78, 5) is 27.6. The van der Waals surface area contributed by atoms with E-state index < -0.39 is 17.7 Å². The number of aliphatic hydroxyl groups excluding tert-OH is 1. The van der Waals surface area contributed by atoms with Crippen molar-refractivity contribution >= 4 is 17.4 Å². The first-order valence-corrected chi connectivity index (χ1v) is 10.2. The maximum Gasteiger partial charge on any atom is 0.296 e. The molecular formula is C25H23NO7. The van der Waals surface area contributed by atoms with Gasteiger partial charge in [0, 0.05) is 5.56 Å². The van der Waals surface area contributed by atoms with Gasteiger partial charge in [-0.25, -0.2) is 0 Å². The molecular weight excluding hydrogens is 426 g/mol. The van der Waals surface area contributed by atoms with Crippen molar-refractivity contribution in [3.05, 3.63) is 83.3 Å². The van der Waals surface area contributed by atoms with Crippen LogP contribution in [0, 0.1) is 0 Å². The van der Waals surface area contributed by atoms with Crippen molar-refractivity contribution in [3.8, 4) is 17.2 Å². The van der Waals surface area contributed by atoms with Crippen LogP contribution in [0.4, 0.5) is 0 Å². The Balaban J connectivity index is 1.88. The van der Waals surface area contributed by atoms with Crippen LogP contribution in [0.3, 0.4) is 0 Å². The fourth-order valence-electron chi connectivity index (χ4n) is 3.91. The topological polar surface area (TPSA) is 98.4 Å². The van der Waals surface area contributed by atoms with Gasteiger partial charge in [0.1, 0.15) is 17.3 Å². The Morgan fingerprint density at radius 2 is 1.76 bits per heavy atom. The van der Waals surface area contributed by atoms with Gasteiger partial charge in [0.15, 0.2) is 11.5 Å². The smallest absolute Gasteiger partial charge is 0.296 e. The molecule has 1 aliphatic heterocycles. The Morgan fingerprint density at radius 1 is 0.970 bits per heavy atom. The minimum Gasteiger partial charge on any atom is -0.507 e. The van der Waals surface area contributed by atoms with E-state index in [9.17, 15) is 14.7 Å². The second-order valence-corrected chi connectivity index (χ2v) is 7.35. The molecule has 1 aromatic heterocycles. The summed E-state index contributed by atoms with van der Waals surface area (Å²) < 4.78 is 21.3. The number of rotatable bonds is 7. The average molecular weight is 449 g/mol. The van der Waals surface area contributed by atoms with E-state index in [1.165, 1.54) is 32.5 Å². The van der Waals surface area contributed by atoms with Crippen LogP contribution in [0.5, 0.6) is 17.2 Å². The van der Waals surface area contributed by atoms with Crippen molar-refractivity contribution in [2.75, 3.05) is 21.3 Å². The van der Waals surface area contributed by atoms with Gasteiger partial charge in [-0.05, 0) is 48.0 Å². The van der Waals surface area contributed by atoms with Crippen LogP contribution < -0.4 is 14.2 Å². The quantitative estimate of drug-likeness (QED) is 0.332. The molecule has 0 aliphatic carbocycles. The summed E-state index contributed by atoms with van der Waals surface area (Å²) >= 11 is 0. The number of methoxy groups -OCH3 is 3. The number of hydrogen-bond donors (Lipinski definition) is 1. The molecule has 4 rings (SSSR count). The fraction of sp³-hybridized carbons (Fsp3) is 0.200. The third-order valence-corrected chi connectivity index (χ3v) is 5.51. The molecule has 1 N–H and O–H groups in total. The molecule has 1 unspecified atom stereocenters. The van der Waals surface area contributed by atoms with Crippen LogP contribution in [-0.2, 0) is 16.1 Å². The number of aliphatic hydroxyl groups is 1. The normalized spacial score (nSPS) is 17.3. The van der Waals surface area contributed by atoms with E-state index in [0.717, 1.165) is 0 Å². The van der Waals surface area contributed by atoms with Crippen LogP contribution >= 0.6 is 0 Å². The van der Waals surface area contributed by atoms with Gasteiger partial charge >= 0.3 is 0 Å². The summed E-state index contributed by atoms with van der Waals surface area (Å²) in [6.45, 7) is 0.0577. The highest BCUT2D eigenvalue weighted by molar-refractivity contribution is 6.46. The summed E-state index contributed by atoms with van der Waals surface area (Å²) in [5, 5.41) is 11.2. The summed E-state index contributed by atoms with van der Waals surface area (Å²) in [5.74, 6) is 0.0750. The van der Waals surface area contributed by atoms with Crippen molar-refractivity contribution in [3.63, 3.8) is 0 Å².